The highest BCUT2D eigenvalue weighted by Crippen LogP contribution is 2.19. The van der Waals surface area contributed by atoms with Crippen LogP contribution in [-0.4, -0.2) is 77.3 Å². The molecule has 2 aliphatic rings. The molecule has 2 aliphatic heterocycles. The first-order chi connectivity index (χ1) is 12.0. The fourth-order valence-electron chi connectivity index (χ4n) is 3.56. The molecule has 0 saturated carbocycles. The van der Waals surface area contributed by atoms with Gasteiger partial charge in [0.1, 0.15) is 5.82 Å². The van der Waals surface area contributed by atoms with Gasteiger partial charge in [-0.2, -0.15) is 5.10 Å². The smallest absolute Gasteiger partial charge is 0.239 e. The van der Waals surface area contributed by atoms with Crippen LogP contribution < -0.4 is 5.32 Å². The van der Waals surface area contributed by atoms with Gasteiger partial charge in [-0.3, -0.25) is 19.2 Å². The number of anilines is 1. The molecule has 8 heteroatoms. The van der Waals surface area contributed by atoms with Crippen molar-refractivity contribution in [3.05, 3.63) is 11.8 Å². The standard InChI is InChI=1S/C17H27N5O3/c1-13-10-15(20(2)19-13)18-16(23)12-21-5-3-4-14(11-21)17(24)22-6-8-25-9-7-22/h10,14H,3-9,11-12H2,1-2H3,(H,18,23). The number of piperidine rings is 1. The number of aromatic nitrogens is 2. The maximum absolute atomic E-state index is 12.7. The van der Waals surface area contributed by atoms with Crippen LogP contribution in [0.5, 0.6) is 0 Å². The molecule has 0 radical (unpaired) electrons. The van der Waals surface area contributed by atoms with Crippen LogP contribution >= 0.6 is 0 Å². The molecule has 2 saturated heterocycles. The van der Waals surface area contributed by atoms with E-state index in [0.29, 0.717) is 45.2 Å². The van der Waals surface area contributed by atoms with Crippen molar-refractivity contribution in [3.8, 4) is 0 Å². The van der Waals surface area contributed by atoms with E-state index < -0.39 is 0 Å². The van der Waals surface area contributed by atoms with Crippen molar-refractivity contribution in [2.45, 2.75) is 19.8 Å². The van der Waals surface area contributed by atoms with Gasteiger partial charge in [-0.15, -0.1) is 0 Å². The van der Waals surface area contributed by atoms with Gasteiger partial charge in [0, 0.05) is 32.7 Å². The van der Waals surface area contributed by atoms with Crippen LogP contribution in [0.25, 0.3) is 0 Å². The summed E-state index contributed by atoms with van der Waals surface area (Å²) in [6, 6.07) is 1.85. The molecular weight excluding hydrogens is 322 g/mol. The molecule has 25 heavy (non-hydrogen) atoms. The molecule has 0 spiro atoms. The summed E-state index contributed by atoms with van der Waals surface area (Å²) in [6.07, 6.45) is 1.84. The number of carbonyl (C=O) groups is 2. The number of nitrogens with zero attached hydrogens (tertiary/aromatic N) is 4. The number of carbonyl (C=O) groups excluding carboxylic acids is 2. The Balaban J connectivity index is 1.51. The zero-order chi connectivity index (χ0) is 17.8. The van der Waals surface area contributed by atoms with E-state index in [1.165, 1.54) is 0 Å². The van der Waals surface area contributed by atoms with Gasteiger partial charge in [-0.25, -0.2) is 0 Å². The molecule has 2 fully saturated rings. The summed E-state index contributed by atoms with van der Waals surface area (Å²) in [5.74, 6) is 0.817. The lowest BCUT2D eigenvalue weighted by Crippen LogP contribution is -2.49. The first-order valence-corrected chi connectivity index (χ1v) is 8.92. The predicted octanol–water partition coefficient (Wildman–Crippen LogP) is 0.238. The molecule has 1 aromatic heterocycles. The zero-order valence-corrected chi connectivity index (χ0v) is 15.0. The molecular formula is C17H27N5O3. The van der Waals surface area contributed by atoms with Gasteiger partial charge in [0.05, 0.1) is 31.4 Å². The van der Waals surface area contributed by atoms with E-state index in [2.05, 4.69) is 15.3 Å². The lowest BCUT2D eigenvalue weighted by molar-refractivity contribution is -0.141. The number of rotatable bonds is 4. The maximum Gasteiger partial charge on any atom is 0.239 e. The largest absolute Gasteiger partial charge is 0.378 e. The summed E-state index contributed by atoms with van der Waals surface area (Å²) in [6.45, 7) is 6.28. The monoisotopic (exact) mass is 349 g/mol. The third-order valence-corrected chi connectivity index (χ3v) is 4.81. The zero-order valence-electron chi connectivity index (χ0n) is 15.0. The third kappa shape index (κ3) is 4.58. The number of hydrogen-bond donors (Lipinski definition) is 1. The second-order valence-electron chi connectivity index (χ2n) is 6.85. The van der Waals surface area contributed by atoms with Crippen molar-refractivity contribution in [1.82, 2.24) is 19.6 Å². The number of amides is 2. The first-order valence-electron chi connectivity index (χ1n) is 8.92. The summed E-state index contributed by atoms with van der Waals surface area (Å²) < 4.78 is 6.98. The molecule has 0 bridgehead atoms. The Morgan fingerprint density at radius 1 is 1.32 bits per heavy atom. The number of nitrogens with one attached hydrogen (secondary N) is 1. The Labute approximate surface area is 148 Å². The van der Waals surface area contributed by atoms with E-state index in [1.54, 1.807) is 11.7 Å². The van der Waals surface area contributed by atoms with Crippen LogP contribution in [0, 0.1) is 12.8 Å². The van der Waals surface area contributed by atoms with E-state index in [-0.39, 0.29) is 17.7 Å². The second kappa shape index (κ2) is 7.97. The molecule has 1 aromatic rings. The van der Waals surface area contributed by atoms with Crippen LogP contribution in [0.2, 0.25) is 0 Å². The molecule has 8 nitrogen and oxygen atoms in total. The summed E-state index contributed by atoms with van der Waals surface area (Å²) in [5.41, 5.74) is 0.868. The summed E-state index contributed by atoms with van der Waals surface area (Å²) >= 11 is 0. The van der Waals surface area contributed by atoms with Crippen molar-refractivity contribution < 1.29 is 14.3 Å². The molecule has 0 aliphatic carbocycles. The number of ether oxygens (including phenoxy) is 1. The fraction of sp³-hybridized carbons (Fsp3) is 0.706. The topological polar surface area (TPSA) is 79.7 Å². The molecule has 1 unspecified atom stereocenters. The van der Waals surface area contributed by atoms with Gasteiger partial charge in [-0.1, -0.05) is 0 Å². The normalized spacial score (nSPS) is 22.0. The van der Waals surface area contributed by atoms with E-state index in [9.17, 15) is 9.59 Å². The number of likely N-dealkylation sites (tertiary alicyclic amines) is 1. The van der Waals surface area contributed by atoms with E-state index in [4.69, 9.17) is 4.74 Å². The summed E-state index contributed by atoms with van der Waals surface area (Å²) in [5, 5.41) is 7.12. The predicted molar refractivity (Wildman–Crippen MR) is 93.1 cm³/mol. The second-order valence-corrected chi connectivity index (χ2v) is 6.85. The maximum atomic E-state index is 12.7. The van der Waals surface area contributed by atoms with Crippen LogP contribution in [0.15, 0.2) is 6.07 Å². The van der Waals surface area contributed by atoms with Gasteiger partial charge in [-0.05, 0) is 26.3 Å². The minimum absolute atomic E-state index is 0.0152. The number of aryl methyl sites for hydroxylation is 2. The van der Waals surface area contributed by atoms with E-state index in [0.717, 1.165) is 25.1 Å². The fourth-order valence-corrected chi connectivity index (χ4v) is 3.56. The molecule has 3 rings (SSSR count). The Hall–Kier alpha value is -1.93. The minimum Gasteiger partial charge on any atom is -0.378 e. The van der Waals surface area contributed by atoms with Gasteiger partial charge >= 0.3 is 0 Å². The van der Waals surface area contributed by atoms with Gasteiger partial charge in [0.25, 0.3) is 0 Å². The van der Waals surface area contributed by atoms with Crippen LogP contribution in [0.4, 0.5) is 5.82 Å². The summed E-state index contributed by atoms with van der Waals surface area (Å²) in [4.78, 5) is 28.9. The van der Waals surface area contributed by atoms with E-state index in [1.807, 2.05) is 17.9 Å². The third-order valence-electron chi connectivity index (χ3n) is 4.81. The average Bonchev–Trinajstić information content (AvgIpc) is 2.92. The molecule has 0 aromatic carbocycles. The quantitative estimate of drug-likeness (QED) is 0.842. The molecule has 138 valence electrons. The van der Waals surface area contributed by atoms with Gasteiger partial charge in [0.15, 0.2) is 0 Å². The molecule has 2 amide bonds. The highest BCUT2D eigenvalue weighted by Gasteiger charge is 2.30. The highest BCUT2D eigenvalue weighted by atomic mass is 16.5. The van der Waals surface area contributed by atoms with Gasteiger partial charge in [0.2, 0.25) is 11.8 Å². The Morgan fingerprint density at radius 2 is 2.08 bits per heavy atom. The average molecular weight is 349 g/mol. The lowest BCUT2D eigenvalue weighted by atomic mass is 9.96. The highest BCUT2D eigenvalue weighted by molar-refractivity contribution is 5.91. The Bertz CT molecular complexity index is 624. The SMILES string of the molecule is Cc1cc(NC(=O)CN2CCCC(C(=O)N3CCOCC3)C2)n(C)n1. The number of hydrogen-bond acceptors (Lipinski definition) is 5. The van der Waals surface area contributed by atoms with Crippen molar-refractivity contribution >= 4 is 17.6 Å². The molecule has 1 atom stereocenters. The van der Waals surface area contributed by atoms with Crippen LogP contribution in [0.1, 0.15) is 18.5 Å². The van der Waals surface area contributed by atoms with Crippen LogP contribution in [0.3, 0.4) is 0 Å². The molecule has 1 N–H and O–H groups in total. The van der Waals surface area contributed by atoms with E-state index >= 15 is 0 Å². The van der Waals surface area contributed by atoms with Crippen molar-refractivity contribution in [3.63, 3.8) is 0 Å². The number of morpholine rings is 1. The minimum atomic E-state index is -0.0672. The van der Waals surface area contributed by atoms with Crippen molar-refractivity contribution in [1.29, 1.82) is 0 Å². The van der Waals surface area contributed by atoms with Crippen LogP contribution in [-0.2, 0) is 21.4 Å². The first kappa shape index (κ1) is 17.9. The molecule has 3 heterocycles. The lowest BCUT2D eigenvalue weighted by Gasteiger charge is -2.35. The van der Waals surface area contributed by atoms with Gasteiger partial charge < -0.3 is 15.0 Å². The Morgan fingerprint density at radius 3 is 2.76 bits per heavy atom. The summed E-state index contributed by atoms with van der Waals surface area (Å²) in [7, 11) is 1.81. The van der Waals surface area contributed by atoms with Crippen molar-refractivity contribution in [2.24, 2.45) is 13.0 Å². The van der Waals surface area contributed by atoms with Crippen molar-refractivity contribution in [2.75, 3.05) is 51.3 Å². The Kier molecular flexibility index (Phi) is 5.70.